The highest BCUT2D eigenvalue weighted by molar-refractivity contribution is 7.99. The van der Waals surface area contributed by atoms with Crippen LogP contribution in [0.1, 0.15) is 36.9 Å². The number of nitrogens with zero attached hydrogens (tertiary/aromatic N) is 3. The maximum atomic E-state index is 12.3. The number of nitrogens with one attached hydrogen (secondary N) is 1. The van der Waals surface area contributed by atoms with Gasteiger partial charge in [0.05, 0.1) is 10.8 Å². The summed E-state index contributed by atoms with van der Waals surface area (Å²) in [7, 11) is 1.86. The number of hydrogen-bond acceptors (Lipinski definition) is 5. The second-order valence-corrected chi connectivity index (χ2v) is 8.33. The molecule has 1 heterocycles. The van der Waals surface area contributed by atoms with Crippen LogP contribution in [0.2, 0.25) is 5.02 Å². The molecule has 3 aromatic rings. The number of anilines is 1. The quantitative estimate of drug-likeness (QED) is 0.483. The number of amides is 1. The third-order valence-corrected chi connectivity index (χ3v) is 5.93. The third kappa shape index (κ3) is 5.55. The number of aromatic nitrogens is 3. The van der Waals surface area contributed by atoms with Crippen LogP contribution >= 0.6 is 23.4 Å². The highest BCUT2D eigenvalue weighted by Crippen LogP contribution is 2.30. The number of ether oxygens (including phenoxy) is 1. The van der Waals surface area contributed by atoms with E-state index in [-0.39, 0.29) is 17.8 Å². The van der Waals surface area contributed by atoms with Gasteiger partial charge in [-0.05, 0) is 55.7 Å². The standard InChI is InChI=1S/C22H25ClN4O2S/c1-5-16-7-9-17(10-8-16)24-20(28)13-30-22-26-25-21(27(22)4)15(3)29-19-12-14(2)6-11-18(19)23/h6-12,15H,5,13H2,1-4H3,(H,24,28). The molecule has 1 unspecified atom stereocenters. The highest BCUT2D eigenvalue weighted by atomic mass is 35.5. The van der Waals surface area contributed by atoms with Crippen LogP contribution in [0.5, 0.6) is 5.75 Å². The van der Waals surface area contributed by atoms with E-state index in [1.54, 1.807) is 0 Å². The number of thioether (sulfide) groups is 1. The van der Waals surface area contributed by atoms with E-state index < -0.39 is 0 Å². The summed E-state index contributed by atoms with van der Waals surface area (Å²) in [5, 5.41) is 12.5. The normalized spacial score (nSPS) is 11.9. The van der Waals surface area contributed by atoms with Gasteiger partial charge in [-0.2, -0.15) is 0 Å². The van der Waals surface area contributed by atoms with E-state index >= 15 is 0 Å². The Bertz CT molecular complexity index is 1020. The summed E-state index contributed by atoms with van der Waals surface area (Å²) in [5.41, 5.74) is 3.08. The predicted octanol–water partition coefficient (Wildman–Crippen LogP) is 5.21. The molecule has 0 radical (unpaired) electrons. The molecular weight excluding hydrogens is 420 g/mol. The summed E-state index contributed by atoms with van der Waals surface area (Å²) in [4.78, 5) is 12.3. The minimum atomic E-state index is -0.345. The maximum absolute atomic E-state index is 12.3. The summed E-state index contributed by atoms with van der Waals surface area (Å²) in [6.07, 6.45) is 0.624. The van der Waals surface area contributed by atoms with Crippen LogP contribution in [0.4, 0.5) is 5.69 Å². The molecule has 0 spiro atoms. The Morgan fingerprint density at radius 1 is 1.23 bits per heavy atom. The minimum absolute atomic E-state index is 0.0929. The number of aryl methyl sites for hydroxylation is 2. The zero-order valence-electron chi connectivity index (χ0n) is 17.5. The van der Waals surface area contributed by atoms with E-state index in [2.05, 4.69) is 22.4 Å². The van der Waals surface area contributed by atoms with Gasteiger partial charge in [-0.3, -0.25) is 4.79 Å². The van der Waals surface area contributed by atoms with E-state index in [0.29, 0.717) is 21.8 Å². The van der Waals surface area contributed by atoms with Crippen LogP contribution in [0, 0.1) is 6.92 Å². The molecule has 0 fully saturated rings. The van der Waals surface area contributed by atoms with Crippen molar-refractivity contribution in [2.45, 2.75) is 38.5 Å². The molecule has 0 aliphatic carbocycles. The Labute approximate surface area is 186 Å². The molecule has 1 N–H and O–H groups in total. The van der Waals surface area contributed by atoms with Crippen LogP contribution < -0.4 is 10.1 Å². The van der Waals surface area contributed by atoms with Gasteiger partial charge in [0.2, 0.25) is 5.91 Å². The van der Waals surface area contributed by atoms with Crippen LogP contribution in [0.3, 0.4) is 0 Å². The van der Waals surface area contributed by atoms with E-state index in [4.69, 9.17) is 16.3 Å². The first-order valence-corrected chi connectivity index (χ1v) is 11.1. The molecule has 1 aromatic heterocycles. The Hall–Kier alpha value is -2.51. The zero-order chi connectivity index (χ0) is 21.7. The fourth-order valence-corrected chi connectivity index (χ4v) is 3.78. The lowest BCUT2D eigenvalue weighted by Gasteiger charge is -2.15. The lowest BCUT2D eigenvalue weighted by atomic mass is 10.1. The second kappa shape index (κ2) is 10.00. The summed E-state index contributed by atoms with van der Waals surface area (Å²) in [5.74, 6) is 1.41. The largest absolute Gasteiger partial charge is 0.481 e. The van der Waals surface area contributed by atoms with Gasteiger partial charge in [0.1, 0.15) is 5.75 Å². The fourth-order valence-electron chi connectivity index (χ4n) is 2.90. The molecule has 6 nitrogen and oxygen atoms in total. The molecule has 158 valence electrons. The molecule has 0 bridgehead atoms. The van der Waals surface area contributed by atoms with Crippen molar-refractivity contribution in [2.24, 2.45) is 7.05 Å². The number of halogens is 1. The van der Waals surface area contributed by atoms with Gasteiger partial charge in [-0.1, -0.05) is 48.5 Å². The number of carbonyl (C=O) groups excluding carboxylic acids is 1. The topological polar surface area (TPSA) is 69.0 Å². The number of benzene rings is 2. The Morgan fingerprint density at radius 2 is 1.97 bits per heavy atom. The molecule has 2 aromatic carbocycles. The van der Waals surface area contributed by atoms with Crippen LogP contribution in [0.25, 0.3) is 0 Å². The van der Waals surface area contributed by atoms with E-state index in [9.17, 15) is 4.79 Å². The average molecular weight is 445 g/mol. The van der Waals surface area contributed by atoms with Crippen molar-refractivity contribution < 1.29 is 9.53 Å². The number of carbonyl (C=O) groups is 1. The second-order valence-electron chi connectivity index (χ2n) is 6.98. The molecule has 0 saturated carbocycles. The molecule has 0 aliphatic rings. The first-order valence-electron chi connectivity index (χ1n) is 9.71. The maximum Gasteiger partial charge on any atom is 0.234 e. The zero-order valence-corrected chi connectivity index (χ0v) is 19.0. The van der Waals surface area contributed by atoms with Gasteiger partial charge in [-0.15, -0.1) is 10.2 Å². The van der Waals surface area contributed by atoms with E-state index in [1.165, 1.54) is 17.3 Å². The van der Waals surface area contributed by atoms with Crippen molar-refractivity contribution in [3.8, 4) is 5.75 Å². The lowest BCUT2D eigenvalue weighted by molar-refractivity contribution is -0.113. The molecule has 30 heavy (non-hydrogen) atoms. The molecule has 0 saturated heterocycles. The van der Waals surface area contributed by atoms with Gasteiger partial charge in [-0.25, -0.2) is 0 Å². The van der Waals surface area contributed by atoms with Crippen LogP contribution in [-0.2, 0) is 18.3 Å². The predicted molar refractivity (Wildman–Crippen MR) is 121 cm³/mol. The molecule has 0 aliphatic heterocycles. The van der Waals surface area contributed by atoms with Crippen molar-refractivity contribution in [1.29, 1.82) is 0 Å². The van der Waals surface area contributed by atoms with Gasteiger partial charge in [0.25, 0.3) is 0 Å². The highest BCUT2D eigenvalue weighted by Gasteiger charge is 2.19. The fraction of sp³-hybridized carbons (Fsp3) is 0.318. The molecule has 1 amide bonds. The molecule has 3 rings (SSSR count). The lowest BCUT2D eigenvalue weighted by Crippen LogP contribution is -2.15. The summed E-state index contributed by atoms with van der Waals surface area (Å²) >= 11 is 7.55. The summed E-state index contributed by atoms with van der Waals surface area (Å²) < 4.78 is 7.82. The van der Waals surface area contributed by atoms with Crippen molar-refractivity contribution >= 4 is 35.0 Å². The van der Waals surface area contributed by atoms with Crippen LogP contribution in [-0.4, -0.2) is 26.4 Å². The first kappa shape index (κ1) is 22.2. The minimum Gasteiger partial charge on any atom is -0.481 e. The smallest absolute Gasteiger partial charge is 0.234 e. The Morgan fingerprint density at radius 3 is 2.67 bits per heavy atom. The Balaban J connectivity index is 1.59. The SMILES string of the molecule is CCc1ccc(NC(=O)CSc2nnc(C(C)Oc3cc(C)ccc3Cl)n2C)cc1. The van der Waals surface area contributed by atoms with Crippen molar-refractivity contribution in [3.05, 3.63) is 64.4 Å². The Kier molecular flexibility index (Phi) is 7.39. The third-order valence-electron chi connectivity index (χ3n) is 4.60. The van der Waals surface area contributed by atoms with Gasteiger partial charge >= 0.3 is 0 Å². The number of rotatable bonds is 8. The molecule has 1 atom stereocenters. The van der Waals surface area contributed by atoms with Gasteiger partial charge < -0.3 is 14.6 Å². The van der Waals surface area contributed by atoms with Crippen molar-refractivity contribution in [3.63, 3.8) is 0 Å². The van der Waals surface area contributed by atoms with E-state index in [0.717, 1.165) is 17.7 Å². The van der Waals surface area contributed by atoms with Crippen molar-refractivity contribution in [1.82, 2.24) is 14.8 Å². The van der Waals surface area contributed by atoms with Gasteiger partial charge in [0.15, 0.2) is 17.1 Å². The van der Waals surface area contributed by atoms with Crippen LogP contribution in [0.15, 0.2) is 47.6 Å². The first-order chi connectivity index (χ1) is 14.4. The summed E-state index contributed by atoms with van der Waals surface area (Å²) in [6.45, 7) is 5.97. The molecular formula is C22H25ClN4O2S. The van der Waals surface area contributed by atoms with Crippen molar-refractivity contribution in [2.75, 3.05) is 11.1 Å². The molecule has 8 heteroatoms. The monoisotopic (exact) mass is 444 g/mol. The number of hydrogen-bond donors (Lipinski definition) is 1. The van der Waals surface area contributed by atoms with Gasteiger partial charge in [0, 0.05) is 12.7 Å². The average Bonchev–Trinajstić information content (AvgIpc) is 3.10. The summed E-state index contributed by atoms with van der Waals surface area (Å²) in [6, 6.07) is 13.5. The van der Waals surface area contributed by atoms with E-state index in [1.807, 2.05) is 67.9 Å².